The third kappa shape index (κ3) is 5.84. The number of rotatable bonds is 6. The van der Waals surface area contributed by atoms with E-state index >= 15 is 0 Å². The third-order valence-corrected chi connectivity index (χ3v) is 7.12. The summed E-state index contributed by atoms with van der Waals surface area (Å²) in [4.78, 5) is 32.1. The van der Waals surface area contributed by atoms with Crippen LogP contribution >= 0.6 is 11.6 Å². The number of piperidine rings is 1. The molecule has 8 heteroatoms. The van der Waals surface area contributed by atoms with Crippen LogP contribution < -0.4 is 16.2 Å². The highest BCUT2D eigenvalue weighted by atomic mass is 35.5. The molecule has 0 bridgehead atoms. The number of aryl methyl sites for hydroxylation is 1. The van der Waals surface area contributed by atoms with Crippen molar-refractivity contribution in [1.82, 2.24) is 19.8 Å². The molecule has 1 aliphatic rings. The number of nitrogens with zero attached hydrogens (tertiary/aromatic N) is 3. The zero-order valence-corrected chi connectivity index (χ0v) is 21.8. The summed E-state index contributed by atoms with van der Waals surface area (Å²) in [6, 6.07) is 19.0. The van der Waals surface area contributed by atoms with Gasteiger partial charge in [0.1, 0.15) is 5.69 Å². The maximum absolute atomic E-state index is 13.2. The van der Waals surface area contributed by atoms with Crippen LogP contribution in [0.5, 0.6) is 0 Å². The quantitative estimate of drug-likeness (QED) is 0.389. The lowest BCUT2D eigenvalue weighted by Gasteiger charge is -2.29. The Hall–Kier alpha value is -3.68. The number of carbonyl (C=O) groups excluding carboxylic acids is 1. The van der Waals surface area contributed by atoms with Crippen LogP contribution in [0.1, 0.15) is 28.9 Å². The fraction of sp³-hybridized carbons (Fsp3) is 0.276. The Kier molecular flexibility index (Phi) is 7.26. The highest BCUT2D eigenvalue weighted by molar-refractivity contribution is 6.30. The molecule has 2 N–H and O–H groups in total. The molecule has 1 fully saturated rings. The third-order valence-electron chi connectivity index (χ3n) is 6.89. The highest BCUT2D eigenvalue weighted by Gasteiger charge is 2.21. The normalized spacial score (nSPS) is 14.6. The van der Waals surface area contributed by atoms with Gasteiger partial charge in [0.05, 0.1) is 5.52 Å². The molecule has 7 nitrogen and oxygen atoms in total. The van der Waals surface area contributed by atoms with Crippen LogP contribution in [0.15, 0.2) is 71.7 Å². The molecule has 0 spiro atoms. The van der Waals surface area contributed by atoms with Crippen molar-refractivity contribution in [2.45, 2.75) is 25.4 Å². The maximum atomic E-state index is 13.2. The fourth-order valence-corrected chi connectivity index (χ4v) is 4.90. The monoisotopic (exact) mass is 515 g/mol. The number of benzene rings is 2. The van der Waals surface area contributed by atoms with Crippen LogP contribution in [0.25, 0.3) is 22.0 Å². The van der Waals surface area contributed by atoms with Gasteiger partial charge in [-0.2, -0.15) is 0 Å². The predicted octanol–water partition coefficient (Wildman–Crippen LogP) is 4.69. The Morgan fingerprint density at radius 2 is 1.81 bits per heavy atom. The Morgan fingerprint density at radius 3 is 2.57 bits per heavy atom. The molecule has 190 valence electrons. The zero-order chi connectivity index (χ0) is 25.9. The molecule has 1 amide bonds. The molecule has 3 heterocycles. The summed E-state index contributed by atoms with van der Waals surface area (Å²) in [5.74, 6) is -0.163. The molecule has 1 aliphatic heterocycles. The summed E-state index contributed by atoms with van der Waals surface area (Å²) in [6.45, 7) is 2.48. The molecule has 2 aromatic carbocycles. The van der Waals surface area contributed by atoms with Gasteiger partial charge in [-0.3, -0.25) is 9.59 Å². The number of nitrogens with one attached hydrogen (secondary N) is 2. The number of anilines is 1. The molecule has 5 rings (SSSR count). The lowest BCUT2D eigenvalue weighted by molar-refractivity contribution is 0.0912. The number of aromatic nitrogens is 2. The highest BCUT2D eigenvalue weighted by Crippen LogP contribution is 2.29. The van der Waals surface area contributed by atoms with Crippen molar-refractivity contribution in [1.29, 1.82) is 0 Å². The van der Waals surface area contributed by atoms with Gasteiger partial charge in [0.25, 0.3) is 5.91 Å². The lowest BCUT2D eigenvalue weighted by atomic mass is 10.0. The second-order valence-corrected chi connectivity index (χ2v) is 10.1. The molecule has 37 heavy (non-hydrogen) atoms. The van der Waals surface area contributed by atoms with E-state index in [1.807, 2.05) is 60.8 Å². The number of likely N-dealkylation sites (tertiary alicyclic amines) is 1. The summed E-state index contributed by atoms with van der Waals surface area (Å²) in [7, 11) is 3.84. The number of fused-ring (bicyclic) bond motifs is 1. The predicted molar refractivity (Wildman–Crippen MR) is 149 cm³/mol. The van der Waals surface area contributed by atoms with Crippen molar-refractivity contribution in [2.24, 2.45) is 7.05 Å². The Balaban J connectivity index is 1.50. The number of hydrogen-bond donors (Lipinski definition) is 2. The number of halogens is 1. The first kappa shape index (κ1) is 25.0. The lowest BCUT2D eigenvalue weighted by Crippen LogP contribution is -2.43. The summed E-state index contributed by atoms with van der Waals surface area (Å²) in [5.41, 5.74) is 4.77. The number of carbonyl (C=O) groups is 1. The van der Waals surface area contributed by atoms with E-state index < -0.39 is 0 Å². The van der Waals surface area contributed by atoms with Gasteiger partial charge in [0.15, 0.2) is 0 Å². The van der Waals surface area contributed by atoms with Gasteiger partial charge in [0.2, 0.25) is 5.56 Å². The van der Waals surface area contributed by atoms with Gasteiger partial charge in [-0.15, -0.1) is 0 Å². The van der Waals surface area contributed by atoms with E-state index in [-0.39, 0.29) is 17.5 Å². The molecule has 4 aromatic rings. The van der Waals surface area contributed by atoms with Crippen LogP contribution in [-0.4, -0.2) is 46.5 Å². The van der Waals surface area contributed by atoms with Gasteiger partial charge >= 0.3 is 0 Å². The van der Waals surface area contributed by atoms with Crippen molar-refractivity contribution in [3.05, 3.63) is 93.5 Å². The zero-order valence-electron chi connectivity index (χ0n) is 21.0. The van der Waals surface area contributed by atoms with Crippen LogP contribution in [-0.2, 0) is 13.6 Å². The summed E-state index contributed by atoms with van der Waals surface area (Å²) >= 11 is 6.18. The van der Waals surface area contributed by atoms with E-state index in [9.17, 15) is 9.59 Å². The first-order valence-electron chi connectivity index (χ1n) is 12.5. The van der Waals surface area contributed by atoms with Gasteiger partial charge < -0.3 is 20.1 Å². The Bertz CT molecular complexity index is 1510. The van der Waals surface area contributed by atoms with Crippen molar-refractivity contribution >= 4 is 34.1 Å². The topological polar surface area (TPSA) is 79.3 Å². The molecular weight excluding hydrogens is 486 g/mol. The molecule has 1 saturated heterocycles. The van der Waals surface area contributed by atoms with E-state index in [1.165, 1.54) is 0 Å². The number of pyridine rings is 2. The summed E-state index contributed by atoms with van der Waals surface area (Å²) < 4.78 is 1.56. The molecule has 0 atom stereocenters. The van der Waals surface area contributed by atoms with Gasteiger partial charge in [-0.1, -0.05) is 29.8 Å². The Morgan fingerprint density at radius 1 is 1.03 bits per heavy atom. The average molecular weight is 516 g/mol. The van der Waals surface area contributed by atoms with Crippen molar-refractivity contribution in [2.75, 3.05) is 25.5 Å². The molecule has 0 radical (unpaired) electrons. The first-order valence-corrected chi connectivity index (χ1v) is 12.8. The second kappa shape index (κ2) is 10.7. The summed E-state index contributed by atoms with van der Waals surface area (Å²) in [6.07, 6.45) is 3.68. The molecule has 0 saturated carbocycles. The van der Waals surface area contributed by atoms with Gasteiger partial charge in [-0.25, -0.2) is 4.98 Å². The van der Waals surface area contributed by atoms with Crippen LogP contribution in [0, 0.1) is 0 Å². The minimum Gasteiger partial charge on any atom is -0.380 e. The summed E-state index contributed by atoms with van der Waals surface area (Å²) in [5, 5.41) is 8.23. The first-order chi connectivity index (χ1) is 17.9. The Labute approximate surface area is 221 Å². The van der Waals surface area contributed by atoms with E-state index in [2.05, 4.69) is 22.6 Å². The van der Waals surface area contributed by atoms with Crippen molar-refractivity contribution < 1.29 is 4.79 Å². The molecule has 0 aliphatic carbocycles. The van der Waals surface area contributed by atoms with Gasteiger partial charge in [0, 0.05) is 48.0 Å². The standard InChI is InChI=1S/C29H30ClN5O2/c1-34-12-10-23(11-13-34)32-29(37)27-16-26(31-17-19-4-3-5-22(30)14-19)24-15-20(6-8-25(24)33-27)21-7-9-28(36)35(2)18-21/h3-9,14-16,18,23H,10-13,17H2,1-2H3,(H,31,33)(H,32,37). The largest absolute Gasteiger partial charge is 0.380 e. The minimum absolute atomic E-state index is 0.0599. The number of hydrogen-bond acceptors (Lipinski definition) is 5. The van der Waals surface area contributed by atoms with Crippen LogP contribution in [0.2, 0.25) is 5.02 Å². The second-order valence-electron chi connectivity index (χ2n) is 9.69. The van der Waals surface area contributed by atoms with E-state index in [0.717, 1.165) is 59.2 Å². The van der Waals surface area contributed by atoms with E-state index in [1.54, 1.807) is 17.7 Å². The van der Waals surface area contributed by atoms with E-state index in [4.69, 9.17) is 16.6 Å². The van der Waals surface area contributed by atoms with Crippen molar-refractivity contribution in [3.63, 3.8) is 0 Å². The van der Waals surface area contributed by atoms with Gasteiger partial charge in [-0.05, 0) is 86.1 Å². The fourth-order valence-electron chi connectivity index (χ4n) is 4.69. The SMILES string of the molecule is CN1CCC(NC(=O)c2cc(NCc3cccc(Cl)c3)c3cc(-c4ccc(=O)n(C)c4)ccc3n2)CC1. The van der Waals surface area contributed by atoms with Crippen molar-refractivity contribution in [3.8, 4) is 11.1 Å². The molecule has 0 unspecified atom stereocenters. The maximum Gasteiger partial charge on any atom is 0.270 e. The average Bonchev–Trinajstić information content (AvgIpc) is 2.89. The van der Waals surface area contributed by atoms with E-state index in [0.29, 0.717) is 17.3 Å². The molecular formula is C29H30ClN5O2. The number of amides is 1. The minimum atomic E-state index is -0.163. The smallest absolute Gasteiger partial charge is 0.270 e. The van der Waals surface area contributed by atoms with Crippen LogP contribution in [0.4, 0.5) is 5.69 Å². The van der Waals surface area contributed by atoms with Crippen LogP contribution in [0.3, 0.4) is 0 Å². The molecule has 2 aromatic heterocycles.